The molecule has 1 saturated heterocycles. The molecule has 2 aliphatic heterocycles. The average Bonchev–Trinajstić information content (AvgIpc) is 3.35. The van der Waals surface area contributed by atoms with Crippen molar-refractivity contribution in [3.05, 3.63) is 86.0 Å². The van der Waals surface area contributed by atoms with E-state index in [-0.39, 0.29) is 18.0 Å². The molecule has 1 aromatic heterocycles. The lowest BCUT2D eigenvalue weighted by molar-refractivity contribution is -0.134. The standard InChI is InChI=1S/C26H26Cl2N4O2S/c27-21-7-6-19(16-22(21)28)29-26(34)31-13-11-30(12-14-31)24(33)17-32-10-8-23-20(9-15-35-23)25(32)18-4-2-1-3-5-18/h1-7,9,15-16,25H,8,10-14,17H2,(H,29,34). The lowest BCUT2D eigenvalue weighted by atomic mass is 9.93. The number of nitrogens with one attached hydrogen (secondary N) is 1. The number of nitrogens with zero attached hydrogens (tertiary/aromatic N) is 3. The third-order valence-electron chi connectivity index (χ3n) is 6.61. The van der Waals surface area contributed by atoms with Crippen LogP contribution in [-0.2, 0) is 11.2 Å². The van der Waals surface area contributed by atoms with E-state index in [1.54, 1.807) is 34.4 Å². The highest BCUT2D eigenvalue weighted by molar-refractivity contribution is 7.10. The van der Waals surface area contributed by atoms with E-state index in [2.05, 4.69) is 45.9 Å². The van der Waals surface area contributed by atoms with Gasteiger partial charge in [0.05, 0.1) is 22.6 Å². The summed E-state index contributed by atoms with van der Waals surface area (Å²) < 4.78 is 0. The number of anilines is 1. The van der Waals surface area contributed by atoms with Gasteiger partial charge in [0.25, 0.3) is 0 Å². The van der Waals surface area contributed by atoms with Crippen molar-refractivity contribution in [2.45, 2.75) is 12.5 Å². The Morgan fingerprint density at radius 1 is 0.914 bits per heavy atom. The molecule has 0 bridgehead atoms. The van der Waals surface area contributed by atoms with Crippen molar-refractivity contribution >= 4 is 52.2 Å². The first-order valence-corrected chi connectivity index (χ1v) is 13.3. The molecule has 35 heavy (non-hydrogen) atoms. The zero-order valence-corrected chi connectivity index (χ0v) is 21.5. The van der Waals surface area contributed by atoms with Crippen LogP contribution < -0.4 is 5.32 Å². The number of carbonyl (C=O) groups is 2. The lowest BCUT2D eigenvalue weighted by Gasteiger charge is -2.39. The summed E-state index contributed by atoms with van der Waals surface area (Å²) in [5.74, 6) is 0.106. The zero-order chi connectivity index (χ0) is 24.4. The van der Waals surface area contributed by atoms with Crippen LogP contribution in [0.15, 0.2) is 60.0 Å². The second-order valence-electron chi connectivity index (χ2n) is 8.76. The number of fused-ring (bicyclic) bond motifs is 1. The number of halogens is 2. The first-order chi connectivity index (χ1) is 17.0. The summed E-state index contributed by atoms with van der Waals surface area (Å²) in [6.45, 7) is 3.21. The number of amides is 3. The highest BCUT2D eigenvalue weighted by atomic mass is 35.5. The van der Waals surface area contributed by atoms with Crippen LogP contribution in [0, 0.1) is 0 Å². The van der Waals surface area contributed by atoms with Crippen molar-refractivity contribution in [2.75, 3.05) is 44.6 Å². The minimum absolute atomic E-state index is 0.0911. The van der Waals surface area contributed by atoms with Crippen molar-refractivity contribution in [3.63, 3.8) is 0 Å². The molecule has 0 saturated carbocycles. The third-order valence-corrected chi connectivity index (χ3v) is 8.35. The Bertz CT molecular complexity index is 1210. The van der Waals surface area contributed by atoms with Gasteiger partial charge in [0.2, 0.25) is 5.91 Å². The van der Waals surface area contributed by atoms with E-state index in [1.807, 2.05) is 11.0 Å². The van der Waals surface area contributed by atoms with Gasteiger partial charge in [0.15, 0.2) is 0 Å². The quantitative estimate of drug-likeness (QED) is 0.494. The van der Waals surface area contributed by atoms with Gasteiger partial charge >= 0.3 is 6.03 Å². The van der Waals surface area contributed by atoms with Crippen LogP contribution in [0.3, 0.4) is 0 Å². The Hall–Kier alpha value is -2.58. The molecule has 1 N–H and O–H groups in total. The van der Waals surface area contributed by atoms with Crippen LogP contribution in [0.2, 0.25) is 10.0 Å². The maximum Gasteiger partial charge on any atom is 0.321 e. The molecule has 1 atom stereocenters. The van der Waals surface area contributed by atoms with E-state index < -0.39 is 0 Å². The summed E-state index contributed by atoms with van der Waals surface area (Å²) in [6.07, 6.45) is 0.965. The number of rotatable bonds is 4. The lowest BCUT2D eigenvalue weighted by Crippen LogP contribution is -2.54. The van der Waals surface area contributed by atoms with E-state index in [4.69, 9.17) is 23.2 Å². The van der Waals surface area contributed by atoms with E-state index in [0.717, 1.165) is 13.0 Å². The number of hydrogen-bond acceptors (Lipinski definition) is 4. The second-order valence-corrected chi connectivity index (χ2v) is 10.6. The largest absolute Gasteiger partial charge is 0.338 e. The molecular weight excluding hydrogens is 503 g/mol. The van der Waals surface area contributed by atoms with Gasteiger partial charge in [-0.05, 0) is 47.2 Å². The average molecular weight is 529 g/mol. The predicted octanol–water partition coefficient (Wildman–Crippen LogP) is 5.38. The molecule has 0 spiro atoms. The van der Waals surface area contributed by atoms with Crippen LogP contribution in [0.4, 0.5) is 10.5 Å². The van der Waals surface area contributed by atoms with Gasteiger partial charge in [-0.15, -0.1) is 11.3 Å². The summed E-state index contributed by atoms with van der Waals surface area (Å²) in [5.41, 5.74) is 3.11. The summed E-state index contributed by atoms with van der Waals surface area (Å²) in [6, 6.07) is 17.5. The Morgan fingerprint density at radius 3 is 2.40 bits per heavy atom. The normalized spacial score (nSPS) is 18.3. The van der Waals surface area contributed by atoms with E-state index in [9.17, 15) is 9.59 Å². The van der Waals surface area contributed by atoms with Gasteiger partial charge in [-0.2, -0.15) is 0 Å². The van der Waals surface area contributed by atoms with Gasteiger partial charge in [-0.1, -0.05) is 53.5 Å². The number of piperazine rings is 1. The number of thiophene rings is 1. The first kappa shape index (κ1) is 24.1. The van der Waals surface area contributed by atoms with E-state index >= 15 is 0 Å². The molecule has 5 rings (SSSR count). The molecule has 2 aliphatic rings. The van der Waals surface area contributed by atoms with Crippen molar-refractivity contribution in [1.29, 1.82) is 0 Å². The summed E-state index contributed by atoms with van der Waals surface area (Å²) in [5, 5.41) is 5.83. The van der Waals surface area contributed by atoms with Crippen LogP contribution in [-0.4, -0.2) is 65.9 Å². The van der Waals surface area contributed by atoms with Gasteiger partial charge in [0, 0.05) is 43.3 Å². The fourth-order valence-corrected chi connectivity index (χ4v) is 5.98. The SMILES string of the molecule is O=C(CN1CCc2sccc2C1c1ccccc1)N1CCN(C(=O)Nc2ccc(Cl)c(Cl)c2)CC1. The molecule has 3 heterocycles. The van der Waals surface area contributed by atoms with Crippen LogP contribution in [0.25, 0.3) is 0 Å². The molecule has 1 fully saturated rings. The summed E-state index contributed by atoms with van der Waals surface area (Å²) in [4.78, 5) is 33.2. The molecule has 182 valence electrons. The molecule has 0 radical (unpaired) electrons. The Labute approximate surface area is 219 Å². The number of benzene rings is 2. The second kappa shape index (κ2) is 10.6. The van der Waals surface area contributed by atoms with Crippen LogP contribution in [0.5, 0.6) is 0 Å². The molecule has 9 heteroatoms. The maximum atomic E-state index is 13.3. The van der Waals surface area contributed by atoms with Gasteiger partial charge in [-0.25, -0.2) is 4.79 Å². The van der Waals surface area contributed by atoms with Gasteiger partial charge in [-0.3, -0.25) is 9.69 Å². The topological polar surface area (TPSA) is 55.9 Å². The highest BCUT2D eigenvalue weighted by Crippen LogP contribution is 2.37. The Balaban J connectivity index is 1.19. The Morgan fingerprint density at radius 2 is 1.66 bits per heavy atom. The summed E-state index contributed by atoms with van der Waals surface area (Å²) >= 11 is 13.8. The molecule has 6 nitrogen and oxygen atoms in total. The molecule has 3 amide bonds. The first-order valence-electron chi connectivity index (χ1n) is 11.6. The van der Waals surface area contributed by atoms with Crippen LogP contribution in [0.1, 0.15) is 22.0 Å². The number of carbonyl (C=O) groups excluding carboxylic acids is 2. The zero-order valence-electron chi connectivity index (χ0n) is 19.1. The van der Waals surface area contributed by atoms with E-state index in [0.29, 0.717) is 48.5 Å². The monoisotopic (exact) mass is 528 g/mol. The van der Waals surface area contributed by atoms with E-state index in [1.165, 1.54) is 16.0 Å². The number of hydrogen-bond donors (Lipinski definition) is 1. The maximum absolute atomic E-state index is 13.3. The molecular formula is C26H26Cl2N4O2S. The smallest absolute Gasteiger partial charge is 0.321 e. The van der Waals surface area contributed by atoms with Crippen molar-refractivity contribution in [2.24, 2.45) is 0 Å². The van der Waals surface area contributed by atoms with Crippen LogP contribution >= 0.6 is 34.5 Å². The predicted molar refractivity (Wildman–Crippen MR) is 142 cm³/mol. The van der Waals surface area contributed by atoms with Gasteiger partial charge < -0.3 is 15.1 Å². The minimum atomic E-state index is -0.208. The number of urea groups is 1. The Kier molecular flexibility index (Phi) is 7.29. The fourth-order valence-electron chi connectivity index (χ4n) is 4.77. The molecule has 1 unspecified atom stereocenters. The highest BCUT2D eigenvalue weighted by Gasteiger charge is 2.32. The molecule has 3 aromatic rings. The molecule has 0 aliphatic carbocycles. The van der Waals surface area contributed by atoms with Crippen molar-refractivity contribution in [3.8, 4) is 0 Å². The van der Waals surface area contributed by atoms with Crippen molar-refractivity contribution < 1.29 is 9.59 Å². The molecule has 2 aromatic carbocycles. The third kappa shape index (κ3) is 5.33. The van der Waals surface area contributed by atoms with Gasteiger partial charge in [0.1, 0.15) is 0 Å². The summed E-state index contributed by atoms with van der Waals surface area (Å²) in [7, 11) is 0. The fraction of sp³-hybridized carbons (Fsp3) is 0.308. The minimum Gasteiger partial charge on any atom is -0.338 e. The van der Waals surface area contributed by atoms with Crippen molar-refractivity contribution in [1.82, 2.24) is 14.7 Å².